The first-order chi connectivity index (χ1) is 8.99. The van der Waals surface area contributed by atoms with Crippen molar-refractivity contribution < 1.29 is 10.2 Å². The summed E-state index contributed by atoms with van der Waals surface area (Å²) in [4.78, 5) is 0. The average Bonchev–Trinajstić information content (AvgIpc) is 2.33. The molecule has 0 saturated carbocycles. The van der Waals surface area contributed by atoms with Gasteiger partial charge in [0.25, 0.3) is 0 Å². The van der Waals surface area contributed by atoms with E-state index in [0.29, 0.717) is 12.1 Å². The van der Waals surface area contributed by atoms with Crippen molar-refractivity contribution in [1.29, 1.82) is 0 Å². The topological polar surface area (TPSA) is 55.7 Å². The SMILES string of the molecule is CC(NN1C(C)CCCC1C)c1ccc(O)cc1O. The standard InChI is InChI=1S/C15H24N2O2/c1-10-5-4-6-11(2)17(10)16-12(3)14-8-7-13(18)9-15(14)19/h7-12,16,18-19H,4-6H2,1-3H3. The molecule has 106 valence electrons. The number of nitrogens with one attached hydrogen (secondary N) is 1. The van der Waals surface area contributed by atoms with Crippen molar-refractivity contribution in [1.82, 2.24) is 10.4 Å². The largest absolute Gasteiger partial charge is 0.508 e. The number of phenols is 2. The van der Waals surface area contributed by atoms with Gasteiger partial charge in [-0.2, -0.15) is 0 Å². The lowest BCUT2D eigenvalue weighted by molar-refractivity contribution is 0.0317. The molecule has 1 aromatic rings. The van der Waals surface area contributed by atoms with E-state index in [9.17, 15) is 10.2 Å². The van der Waals surface area contributed by atoms with Gasteiger partial charge in [0, 0.05) is 29.8 Å². The molecule has 0 bridgehead atoms. The van der Waals surface area contributed by atoms with E-state index in [1.165, 1.54) is 25.3 Å². The molecule has 0 aromatic heterocycles. The van der Waals surface area contributed by atoms with Gasteiger partial charge < -0.3 is 10.2 Å². The van der Waals surface area contributed by atoms with Gasteiger partial charge in [-0.25, -0.2) is 10.4 Å². The Morgan fingerprint density at radius 3 is 2.42 bits per heavy atom. The molecule has 1 aromatic carbocycles. The molecule has 0 amide bonds. The highest BCUT2D eigenvalue weighted by molar-refractivity contribution is 5.40. The van der Waals surface area contributed by atoms with Gasteiger partial charge in [0.15, 0.2) is 0 Å². The summed E-state index contributed by atoms with van der Waals surface area (Å²) in [6.45, 7) is 6.48. The Morgan fingerprint density at radius 2 is 1.84 bits per heavy atom. The number of hydrogen-bond donors (Lipinski definition) is 3. The Hall–Kier alpha value is -1.26. The molecule has 1 fully saturated rings. The van der Waals surface area contributed by atoms with Crippen LogP contribution in [0.2, 0.25) is 0 Å². The molecule has 1 aliphatic rings. The van der Waals surface area contributed by atoms with Crippen LogP contribution < -0.4 is 5.43 Å². The quantitative estimate of drug-likeness (QED) is 0.785. The van der Waals surface area contributed by atoms with Crippen molar-refractivity contribution in [2.75, 3.05) is 0 Å². The zero-order valence-corrected chi connectivity index (χ0v) is 11.9. The molecule has 1 saturated heterocycles. The highest BCUT2D eigenvalue weighted by atomic mass is 16.3. The molecular weight excluding hydrogens is 240 g/mol. The summed E-state index contributed by atoms with van der Waals surface area (Å²) in [5.41, 5.74) is 4.29. The van der Waals surface area contributed by atoms with E-state index >= 15 is 0 Å². The van der Waals surface area contributed by atoms with E-state index in [4.69, 9.17) is 0 Å². The number of rotatable bonds is 3. The fraction of sp³-hybridized carbons (Fsp3) is 0.600. The lowest BCUT2D eigenvalue weighted by atomic mass is 9.99. The maximum absolute atomic E-state index is 9.90. The van der Waals surface area contributed by atoms with Crippen LogP contribution in [0.15, 0.2) is 18.2 Å². The van der Waals surface area contributed by atoms with Crippen LogP contribution in [0.1, 0.15) is 51.6 Å². The monoisotopic (exact) mass is 264 g/mol. The summed E-state index contributed by atoms with van der Waals surface area (Å²) >= 11 is 0. The Kier molecular flexibility index (Phi) is 4.32. The summed E-state index contributed by atoms with van der Waals surface area (Å²) in [6, 6.07) is 5.79. The summed E-state index contributed by atoms with van der Waals surface area (Å²) in [5.74, 6) is 0.227. The molecule has 0 aliphatic carbocycles. The van der Waals surface area contributed by atoms with Crippen molar-refractivity contribution in [3.05, 3.63) is 23.8 Å². The number of hydrazine groups is 1. The van der Waals surface area contributed by atoms with E-state index in [1.54, 1.807) is 12.1 Å². The Labute approximate surface area is 115 Å². The molecule has 1 aliphatic heterocycles. The maximum atomic E-state index is 9.90. The predicted octanol–water partition coefficient (Wildman–Crippen LogP) is 2.93. The van der Waals surface area contributed by atoms with Gasteiger partial charge >= 0.3 is 0 Å². The minimum Gasteiger partial charge on any atom is -0.508 e. The van der Waals surface area contributed by atoms with Crippen molar-refractivity contribution in [2.45, 2.75) is 58.2 Å². The van der Waals surface area contributed by atoms with E-state index in [0.717, 1.165) is 5.56 Å². The molecule has 4 nitrogen and oxygen atoms in total. The molecular formula is C15H24N2O2. The molecule has 0 radical (unpaired) electrons. The number of phenolic OH excluding ortho intramolecular Hbond substituents is 2. The van der Waals surface area contributed by atoms with Gasteiger partial charge in [-0.1, -0.05) is 12.5 Å². The number of nitrogens with zero attached hydrogens (tertiary/aromatic N) is 1. The Balaban J connectivity index is 2.09. The van der Waals surface area contributed by atoms with Crippen LogP contribution in [0.4, 0.5) is 0 Å². The lowest BCUT2D eigenvalue weighted by Gasteiger charge is -2.41. The molecule has 1 heterocycles. The zero-order valence-electron chi connectivity index (χ0n) is 11.9. The highest BCUT2D eigenvalue weighted by Crippen LogP contribution is 2.29. The molecule has 3 unspecified atom stereocenters. The molecule has 4 heteroatoms. The molecule has 3 N–H and O–H groups in total. The number of hydrogen-bond acceptors (Lipinski definition) is 4. The number of piperidine rings is 1. The van der Waals surface area contributed by atoms with E-state index in [-0.39, 0.29) is 17.5 Å². The maximum Gasteiger partial charge on any atom is 0.124 e. The van der Waals surface area contributed by atoms with Gasteiger partial charge in [-0.05, 0) is 39.7 Å². The highest BCUT2D eigenvalue weighted by Gasteiger charge is 2.26. The van der Waals surface area contributed by atoms with Crippen molar-refractivity contribution in [3.8, 4) is 11.5 Å². The third kappa shape index (κ3) is 3.19. The minimum atomic E-state index is 0.0172. The first-order valence-corrected chi connectivity index (χ1v) is 7.05. The van der Waals surface area contributed by atoms with Crippen molar-refractivity contribution >= 4 is 0 Å². The van der Waals surface area contributed by atoms with Crippen LogP contribution in [-0.2, 0) is 0 Å². The van der Waals surface area contributed by atoms with E-state index in [2.05, 4.69) is 24.3 Å². The van der Waals surface area contributed by atoms with Crippen molar-refractivity contribution in [3.63, 3.8) is 0 Å². The van der Waals surface area contributed by atoms with Gasteiger partial charge in [0.05, 0.1) is 0 Å². The zero-order chi connectivity index (χ0) is 14.0. The normalized spacial score (nSPS) is 26.3. The molecule has 0 spiro atoms. The summed E-state index contributed by atoms with van der Waals surface area (Å²) in [7, 11) is 0. The average molecular weight is 264 g/mol. The number of aromatic hydroxyl groups is 2. The van der Waals surface area contributed by atoms with Crippen LogP contribution in [0.5, 0.6) is 11.5 Å². The Morgan fingerprint density at radius 1 is 1.21 bits per heavy atom. The summed E-state index contributed by atoms with van der Waals surface area (Å²) in [6.07, 6.45) is 3.68. The van der Waals surface area contributed by atoms with Gasteiger partial charge in [0.1, 0.15) is 11.5 Å². The third-order valence-corrected chi connectivity index (χ3v) is 4.02. The molecule has 3 atom stereocenters. The summed E-state index contributed by atoms with van der Waals surface area (Å²) in [5, 5.41) is 21.5. The fourth-order valence-electron chi connectivity index (χ4n) is 2.87. The van der Waals surface area contributed by atoms with Gasteiger partial charge in [-0.15, -0.1) is 0 Å². The van der Waals surface area contributed by atoms with Crippen LogP contribution in [0.25, 0.3) is 0 Å². The third-order valence-electron chi connectivity index (χ3n) is 4.02. The smallest absolute Gasteiger partial charge is 0.124 e. The van der Waals surface area contributed by atoms with Crippen LogP contribution in [0.3, 0.4) is 0 Å². The first-order valence-electron chi connectivity index (χ1n) is 7.05. The first kappa shape index (κ1) is 14.2. The second-order valence-electron chi connectivity index (χ2n) is 5.63. The van der Waals surface area contributed by atoms with Crippen molar-refractivity contribution in [2.24, 2.45) is 0 Å². The number of benzene rings is 1. The Bertz CT molecular complexity index is 426. The second-order valence-corrected chi connectivity index (χ2v) is 5.63. The second kappa shape index (κ2) is 5.80. The van der Waals surface area contributed by atoms with Gasteiger partial charge in [0.2, 0.25) is 0 Å². The van der Waals surface area contributed by atoms with Crippen LogP contribution >= 0.6 is 0 Å². The molecule has 2 rings (SSSR count). The minimum absolute atomic E-state index is 0.0172. The molecule has 19 heavy (non-hydrogen) atoms. The van der Waals surface area contributed by atoms with Crippen LogP contribution in [0, 0.1) is 0 Å². The van der Waals surface area contributed by atoms with Gasteiger partial charge in [-0.3, -0.25) is 0 Å². The summed E-state index contributed by atoms with van der Waals surface area (Å²) < 4.78 is 0. The lowest BCUT2D eigenvalue weighted by Crippen LogP contribution is -2.52. The fourth-order valence-corrected chi connectivity index (χ4v) is 2.87. The van der Waals surface area contributed by atoms with Crippen LogP contribution in [-0.4, -0.2) is 27.3 Å². The van der Waals surface area contributed by atoms with E-state index < -0.39 is 0 Å². The predicted molar refractivity (Wildman–Crippen MR) is 75.9 cm³/mol. The van der Waals surface area contributed by atoms with E-state index in [1.807, 2.05) is 6.92 Å².